The number of benzene rings is 1. The first-order chi connectivity index (χ1) is 5.76. The van der Waals surface area contributed by atoms with E-state index in [4.69, 9.17) is 10.8 Å². The van der Waals surface area contributed by atoms with Crippen molar-refractivity contribution in [3.05, 3.63) is 29.8 Å². The van der Waals surface area contributed by atoms with Gasteiger partial charge in [0.15, 0.2) is 6.29 Å². The van der Waals surface area contributed by atoms with E-state index in [1.165, 1.54) is 0 Å². The first-order valence-corrected chi connectivity index (χ1v) is 3.66. The van der Waals surface area contributed by atoms with E-state index in [0.717, 1.165) is 6.29 Å². The minimum atomic E-state index is 0.250. The molecule has 0 aliphatic rings. The van der Waals surface area contributed by atoms with Gasteiger partial charge in [0.1, 0.15) is 0 Å². The Hall–Kier alpha value is -1.35. The van der Waals surface area contributed by atoms with Gasteiger partial charge in [0, 0.05) is 17.9 Å². The zero-order valence-corrected chi connectivity index (χ0v) is 7.03. The van der Waals surface area contributed by atoms with E-state index in [1.807, 2.05) is 0 Å². The Kier molecular flexibility index (Phi) is 5.65. The summed E-state index contributed by atoms with van der Waals surface area (Å²) in [6, 6.07) is 6.95. The largest absolute Gasteiger partial charge is 0.398 e. The van der Waals surface area contributed by atoms with Crippen LogP contribution in [0.25, 0.3) is 0 Å². The molecule has 12 heavy (non-hydrogen) atoms. The fourth-order valence-corrected chi connectivity index (χ4v) is 0.618. The van der Waals surface area contributed by atoms with Crippen molar-refractivity contribution < 1.29 is 9.90 Å². The number of hydrogen-bond donors (Lipinski definition) is 2. The summed E-state index contributed by atoms with van der Waals surface area (Å²) < 4.78 is 0. The summed E-state index contributed by atoms with van der Waals surface area (Å²) in [6.45, 7) is 1.93. The van der Waals surface area contributed by atoms with Gasteiger partial charge in [-0.2, -0.15) is 0 Å². The summed E-state index contributed by atoms with van der Waals surface area (Å²) in [5.41, 5.74) is 6.49. The van der Waals surface area contributed by atoms with Crippen LogP contribution in [0.2, 0.25) is 0 Å². The number of para-hydroxylation sites is 1. The van der Waals surface area contributed by atoms with Crippen LogP contribution in [0.15, 0.2) is 24.3 Å². The molecule has 0 bridgehead atoms. The van der Waals surface area contributed by atoms with Gasteiger partial charge in [-0.3, -0.25) is 4.79 Å². The maximum absolute atomic E-state index is 10.1. The molecule has 0 aliphatic carbocycles. The van der Waals surface area contributed by atoms with Crippen LogP contribution in [-0.4, -0.2) is 18.0 Å². The molecular weight excluding hydrogens is 154 g/mol. The number of anilines is 1. The molecule has 3 nitrogen and oxygen atoms in total. The third-order valence-electron chi connectivity index (χ3n) is 1.12. The van der Waals surface area contributed by atoms with Gasteiger partial charge in [0.2, 0.25) is 0 Å². The number of carbonyl (C=O) groups is 1. The monoisotopic (exact) mass is 167 g/mol. The summed E-state index contributed by atoms with van der Waals surface area (Å²) in [4.78, 5) is 10.1. The molecule has 0 saturated heterocycles. The quantitative estimate of drug-likeness (QED) is 0.486. The second kappa shape index (κ2) is 6.37. The smallest absolute Gasteiger partial charge is 0.152 e. The molecule has 0 amide bonds. The van der Waals surface area contributed by atoms with Gasteiger partial charge in [-0.05, 0) is 19.1 Å². The van der Waals surface area contributed by atoms with Crippen LogP contribution in [-0.2, 0) is 0 Å². The van der Waals surface area contributed by atoms with Gasteiger partial charge in [0.05, 0.1) is 0 Å². The van der Waals surface area contributed by atoms with Gasteiger partial charge in [-0.1, -0.05) is 12.1 Å². The fourth-order valence-electron chi connectivity index (χ4n) is 0.618. The highest BCUT2D eigenvalue weighted by Crippen LogP contribution is 2.05. The molecule has 1 aromatic carbocycles. The first kappa shape index (κ1) is 10.7. The lowest BCUT2D eigenvalue weighted by Crippen LogP contribution is -1.90. The van der Waals surface area contributed by atoms with Crippen LogP contribution in [0.4, 0.5) is 5.69 Å². The van der Waals surface area contributed by atoms with Crippen molar-refractivity contribution in [1.29, 1.82) is 0 Å². The molecule has 66 valence electrons. The van der Waals surface area contributed by atoms with E-state index in [0.29, 0.717) is 11.3 Å². The van der Waals surface area contributed by atoms with Crippen molar-refractivity contribution in [3.8, 4) is 0 Å². The average Bonchev–Trinajstić information content (AvgIpc) is 2.07. The Labute approximate surface area is 71.8 Å². The molecule has 0 saturated carbocycles. The first-order valence-electron chi connectivity index (χ1n) is 3.66. The molecule has 3 heteroatoms. The third kappa shape index (κ3) is 3.73. The Morgan fingerprint density at radius 1 is 1.50 bits per heavy atom. The zero-order chi connectivity index (χ0) is 9.40. The predicted molar refractivity (Wildman–Crippen MR) is 49.0 cm³/mol. The van der Waals surface area contributed by atoms with Crippen LogP contribution in [0.1, 0.15) is 17.3 Å². The second-order valence-electron chi connectivity index (χ2n) is 2.06. The number of hydrogen-bond acceptors (Lipinski definition) is 3. The van der Waals surface area contributed by atoms with Crippen molar-refractivity contribution in [2.24, 2.45) is 0 Å². The Morgan fingerprint density at radius 2 is 2.00 bits per heavy atom. The van der Waals surface area contributed by atoms with Crippen LogP contribution < -0.4 is 5.73 Å². The predicted octanol–water partition coefficient (Wildman–Crippen LogP) is 1.08. The Bertz CT molecular complexity index is 236. The number of nitrogens with two attached hydrogens (primary N) is 1. The number of rotatable bonds is 1. The fraction of sp³-hybridized carbons (Fsp3) is 0.222. The molecule has 0 heterocycles. The van der Waals surface area contributed by atoms with E-state index >= 15 is 0 Å². The van der Waals surface area contributed by atoms with Gasteiger partial charge >= 0.3 is 0 Å². The molecule has 0 fully saturated rings. The van der Waals surface area contributed by atoms with Crippen molar-refractivity contribution in [2.45, 2.75) is 6.92 Å². The van der Waals surface area contributed by atoms with Gasteiger partial charge < -0.3 is 10.8 Å². The molecule has 0 unspecified atom stereocenters. The summed E-state index contributed by atoms with van der Waals surface area (Å²) in [7, 11) is 0. The third-order valence-corrected chi connectivity index (χ3v) is 1.12. The molecule has 1 rings (SSSR count). The average molecular weight is 167 g/mol. The number of aliphatic hydroxyl groups excluding tert-OH is 1. The summed E-state index contributed by atoms with van der Waals surface area (Å²) >= 11 is 0. The maximum atomic E-state index is 10.1. The maximum Gasteiger partial charge on any atom is 0.152 e. The number of nitrogen functional groups attached to an aromatic ring is 1. The van der Waals surface area contributed by atoms with Gasteiger partial charge in [0.25, 0.3) is 0 Å². The molecule has 0 spiro atoms. The van der Waals surface area contributed by atoms with E-state index in [1.54, 1.807) is 31.2 Å². The van der Waals surface area contributed by atoms with Crippen molar-refractivity contribution in [2.75, 3.05) is 12.3 Å². The number of aldehydes is 1. The molecular formula is C9H13NO2. The van der Waals surface area contributed by atoms with Crippen LogP contribution >= 0.6 is 0 Å². The molecule has 0 radical (unpaired) electrons. The summed E-state index contributed by atoms with van der Waals surface area (Å²) in [6.07, 6.45) is 0.745. The van der Waals surface area contributed by atoms with Gasteiger partial charge in [-0.15, -0.1) is 0 Å². The van der Waals surface area contributed by atoms with Crippen LogP contribution in [0, 0.1) is 0 Å². The number of carbonyl (C=O) groups excluding carboxylic acids is 1. The second-order valence-corrected chi connectivity index (χ2v) is 2.06. The highest BCUT2D eigenvalue weighted by atomic mass is 16.2. The molecule has 0 aliphatic heterocycles. The SMILES string of the molecule is CCO.Nc1ccccc1C=O. The van der Waals surface area contributed by atoms with Gasteiger partial charge in [-0.25, -0.2) is 0 Å². The van der Waals surface area contributed by atoms with E-state index in [-0.39, 0.29) is 6.61 Å². The summed E-state index contributed by atoms with van der Waals surface area (Å²) in [5, 5.41) is 7.57. The van der Waals surface area contributed by atoms with Crippen LogP contribution in [0.3, 0.4) is 0 Å². The molecule has 1 aromatic rings. The van der Waals surface area contributed by atoms with Crippen LogP contribution in [0.5, 0.6) is 0 Å². The number of aliphatic hydroxyl groups is 1. The standard InChI is InChI=1S/C7H7NO.C2H6O/c8-7-4-2-1-3-6(7)5-9;1-2-3/h1-5H,8H2;3H,2H2,1H3. The normalized spacial score (nSPS) is 8.17. The molecule has 0 aromatic heterocycles. The van der Waals surface area contributed by atoms with E-state index < -0.39 is 0 Å². The summed E-state index contributed by atoms with van der Waals surface area (Å²) in [5.74, 6) is 0. The van der Waals surface area contributed by atoms with Crippen molar-refractivity contribution in [1.82, 2.24) is 0 Å². The lowest BCUT2D eigenvalue weighted by atomic mass is 10.2. The highest BCUT2D eigenvalue weighted by Gasteiger charge is 1.90. The molecule has 0 atom stereocenters. The molecule has 3 N–H and O–H groups in total. The minimum Gasteiger partial charge on any atom is -0.398 e. The van der Waals surface area contributed by atoms with Crippen molar-refractivity contribution >= 4 is 12.0 Å². The minimum absolute atomic E-state index is 0.250. The lowest BCUT2D eigenvalue weighted by molar-refractivity contribution is 0.112. The Balaban J connectivity index is 0.000000354. The van der Waals surface area contributed by atoms with E-state index in [9.17, 15) is 4.79 Å². The van der Waals surface area contributed by atoms with Crippen molar-refractivity contribution in [3.63, 3.8) is 0 Å². The highest BCUT2D eigenvalue weighted by molar-refractivity contribution is 5.82. The van der Waals surface area contributed by atoms with E-state index in [2.05, 4.69) is 0 Å². The topological polar surface area (TPSA) is 63.3 Å². The lowest BCUT2D eigenvalue weighted by Gasteiger charge is -1.92. The zero-order valence-electron chi connectivity index (χ0n) is 7.03. The Morgan fingerprint density at radius 3 is 2.33 bits per heavy atom.